The van der Waals surface area contributed by atoms with Crippen LogP contribution in [-0.2, 0) is 16.1 Å². The Labute approximate surface area is 179 Å². The van der Waals surface area contributed by atoms with E-state index in [0.29, 0.717) is 37.0 Å². The maximum atomic E-state index is 12.6. The van der Waals surface area contributed by atoms with Crippen molar-refractivity contribution in [1.29, 1.82) is 0 Å². The number of hydrogen-bond acceptors (Lipinski definition) is 7. The van der Waals surface area contributed by atoms with Crippen molar-refractivity contribution in [3.05, 3.63) is 42.0 Å². The summed E-state index contributed by atoms with van der Waals surface area (Å²) in [6.07, 6.45) is 0.415. The minimum absolute atomic E-state index is 0.0489. The van der Waals surface area contributed by atoms with Crippen molar-refractivity contribution in [3.8, 4) is 11.5 Å². The lowest BCUT2D eigenvalue weighted by Gasteiger charge is -2.40. The van der Waals surface area contributed by atoms with Gasteiger partial charge in [0.25, 0.3) is 5.91 Å². The summed E-state index contributed by atoms with van der Waals surface area (Å²) >= 11 is 0. The molecule has 9 nitrogen and oxygen atoms in total. The number of aromatic nitrogens is 1. The molecule has 5 rings (SSSR count). The molecular formula is C22H24N4O5. The summed E-state index contributed by atoms with van der Waals surface area (Å²) in [5.41, 5.74) is 0.934. The molecule has 0 radical (unpaired) electrons. The maximum Gasteiger partial charge on any atom is 0.415 e. The van der Waals surface area contributed by atoms with Crippen LogP contribution in [0.4, 0.5) is 16.4 Å². The van der Waals surface area contributed by atoms with Gasteiger partial charge in [-0.05, 0) is 42.8 Å². The second-order valence-electron chi connectivity index (χ2n) is 7.89. The van der Waals surface area contributed by atoms with E-state index >= 15 is 0 Å². The first kappa shape index (κ1) is 19.6. The first-order chi connectivity index (χ1) is 15.1. The quantitative estimate of drug-likeness (QED) is 0.802. The number of carbonyl (C=O) groups is 2. The fraction of sp³-hybridized carbons (Fsp3) is 0.409. The molecule has 0 bridgehead atoms. The van der Waals surface area contributed by atoms with Crippen LogP contribution in [0.1, 0.15) is 12.0 Å². The SMILES string of the molecule is COc1ccc(CN2C(=O)COc3ccc(N4C[C@H]5CCNC[C@@H]5OC4=O)nc32)cc1. The summed E-state index contributed by atoms with van der Waals surface area (Å²) < 4.78 is 16.4. The van der Waals surface area contributed by atoms with E-state index < -0.39 is 6.09 Å². The maximum absolute atomic E-state index is 12.6. The molecule has 4 heterocycles. The van der Waals surface area contributed by atoms with Gasteiger partial charge in [-0.3, -0.25) is 14.6 Å². The van der Waals surface area contributed by atoms with E-state index in [-0.39, 0.29) is 24.5 Å². The first-order valence-electron chi connectivity index (χ1n) is 10.4. The van der Waals surface area contributed by atoms with E-state index in [4.69, 9.17) is 14.2 Å². The lowest BCUT2D eigenvalue weighted by atomic mass is 9.93. The van der Waals surface area contributed by atoms with Crippen LogP contribution in [0.5, 0.6) is 11.5 Å². The lowest BCUT2D eigenvalue weighted by Crippen LogP contribution is -2.55. The molecule has 1 aromatic carbocycles. The van der Waals surface area contributed by atoms with Gasteiger partial charge in [0.05, 0.1) is 13.7 Å². The van der Waals surface area contributed by atoms with Gasteiger partial charge < -0.3 is 19.5 Å². The average molecular weight is 424 g/mol. The molecule has 0 aliphatic carbocycles. The van der Waals surface area contributed by atoms with Crippen LogP contribution < -0.4 is 24.6 Å². The summed E-state index contributed by atoms with van der Waals surface area (Å²) in [5, 5.41) is 3.26. The van der Waals surface area contributed by atoms with Gasteiger partial charge in [-0.15, -0.1) is 0 Å². The highest BCUT2D eigenvalue weighted by atomic mass is 16.6. The van der Waals surface area contributed by atoms with Gasteiger partial charge in [0.2, 0.25) is 0 Å². The number of pyridine rings is 1. The molecule has 2 aromatic rings. The van der Waals surface area contributed by atoms with Crippen LogP contribution in [0.15, 0.2) is 36.4 Å². The van der Waals surface area contributed by atoms with Crippen molar-refractivity contribution in [2.75, 3.05) is 43.2 Å². The average Bonchev–Trinajstić information content (AvgIpc) is 2.80. The largest absolute Gasteiger partial charge is 0.497 e. The molecule has 0 unspecified atom stereocenters. The number of nitrogens with zero attached hydrogens (tertiary/aromatic N) is 3. The second kappa shape index (κ2) is 8.07. The highest BCUT2D eigenvalue weighted by Crippen LogP contribution is 2.35. The molecule has 162 valence electrons. The molecule has 9 heteroatoms. The van der Waals surface area contributed by atoms with Gasteiger partial charge in [-0.1, -0.05) is 12.1 Å². The Kier molecular flexibility index (Phi) is 5.11. The highest BCUT2D eigenvalue weighted by Gasteiger charge is 2.39. The molecule has 0 spiro atoms. The van der Waals surface area contributed by atoms with Crippen LogP contribution in [0.3, 0.4) is 0 Å². The summed E-state index contributed by atoms with van der Waals surface area (Å²) in [7, 11) is 1.61. The van der Waals surface area contributed by atoms with Gasteiger partial charge in [0, 0.05) is 19.0 Å². The number of anilines is 2. The number of hydrogen-bond donors (Lipinski definition) is 1. The van der Waals surface area contributed by atoms with Crippen molar-refractivity contribution in [2.24, 2.45) is 5.92 Å². The van der Waals surface area contributed by atoms with E-state index in [1.807, 2.05) is 24.3 Å². The van der Waals surface area contributed by atoms with Crippen LogP contribution >= 0.6 is 0 Å². The molecule has 31 heavy (non-hydrogen) atoms. The Balaban J connectivity index is 1.42. The predicted molar refractivity (Wildman–Crippen MR) is 113 cm³/mol. The summed E-state index contributed by atoms with van der Waals surface area (Å²) in [5.74, 6) is 2.20. The van der Waals surface area contributed by atoms with Gasteiger partial charge >= 0.3 is 6.09 Å². The van der Waals surface area contributed by atoms with Crippen molar-refractivity contribution < 1.29 is 23.8 Å². The smallest absolute Gasteiger partial charge is 0.415 e. The molecule has 0 saturated carbocycles. The molecule has 1 N–H and O–H groups in total. The molecule has 3 aliphatic heterocycles. The second-order valence-corrected chi connectivity index (χ2v) is 7.89. The third-order valence-electron chi connectivity index (χ3n) is 5.96. The minimum atomic E-state index is -0.415. The van der Waals surface area contributed by atoms with Gasteiger partial charge in [0.1, 0.15) is 17.7 Å². The van der Waals surface area contributed by atoms with Crippen LogP contribution in [-0.4, -0.2) is 56.4 Å². The zero-order valence-corrected chi connectivity index (χ0v) is 17.2. The Morgan fingerprint density at radius 3 is 2.84 bits per heavy atom. The van der Waals surface area contributed by atoms with E-state index in [9.17, 15) is 9.59 Å². The standard InChI is InChI=1S/C22H24N4O5/c1-29-16-4-2-14(3-5-16)11-26-20(27)13-30-17-6-7-19(24-21(17)26)25-12-15-8-9-23-10-18(15)31-22(25)28/h2-7,15,18,23H,8-13H2,1H3/t15-,18+/m1/s1. The van der Waals surface area contributed by atoms with Crippen molar-refractivity contribution in [2.45, 2.75) is 19.1 Å². The van der Waals surface area contributed by atoms with E-state index in [1.54, 1.807) is 29.0 Å². The third kappa shape index (κ3) is 3.76. The number of piperidine rings is 1. The number of methoxy groups -OCH3 is 1. The Bertz CT molecular complexity index is 996. The Morgan fingerprint density at radius 2 is 2.03 bits per heavy atom. The molecule has 2 saturated heterocycles. The van der Waals surface area contributed by atoms with E-state index in [2.05, 4.69) is 10.3 Å². The monoisotopic (exact) mass is 424 g/mol. The zero-order valence-electron chi connectivity index (χ0n) is 17.2. The number of benzene rings is 1. The highest BCUT2D eigenvalue weighted by molar-refractivity contribution is 5.97. The number of nitrogens with one attached hydrogen (secondary N) is 1. The van der Waals surface area contributed by atoms with E-state index in [1.165, 1.54) is 0 Å². The molecule has 3 aliphatic rings. The Morgan fingerprint density at radius 1 is 1.19 bits per heavy atom. The van der Waals surface area contributed by atoms with Gasteiger partial charge in [-0.25, -0.2) is 9.78 Å². The van der Waals surface area contributed by atoms with E-state index in [0.717, 1.165) is 24.3 Å². The topological polar surface area (TPSA) is 93.2 Å². The normalized spacial score (nSPS) is 22.9. The molecular weight excluding hydrogens is 400 g/mol. The summed E-state index contributed by atoms with van der Waals surface area (Å²) in [4.78, 5) is 33.1. The third-order valence-corrected chi connectivity index (χ3v) is 5.96. The van der Waals surface area contributed by atoms with Crippen LogP contribution in [0, 0.1) is 5.92 Å². The Hall–Kier alpha value is -3.33. The molecule has 1 aromatic heterocycles. The fourth-order valence-electron chi connectivity index (χ4n) is 4.21. The summed E-state index contributed by atoms with van der Waals surface area (Å²) in [6, 6.07) is 11.0. The number of fused-ring (bicyclic) bond motifs is 2. The first-order valence-corrected chi connectivity index (χ1v) is 10.4. The van der Waals surface area contributed by atoms with Crippen LogP contribution in [0.25, 0.3) is 0 Å². The lowest BCUT2D eigenvalue weighted by molar-refractivity contribution is -0.121. The number of ether oxygens (including phenoxy) is 3. The number of rotatable bonds is 4. The molecule has 2 amide bonds. The fourth-order valence-corrected chi connectivity index (χ4v) is 4.21. The zero-order chi connectivity index (χ0) is 21.4. The van der Waals surface area contributed by atoms with Crippen LogP contribution in [0.2, 0.25) is 0 Å². The van der Waals surface area contributed by atoms with Crippen molar-refractivity contribution in [1.82, 2.24) is 10.3 Å². The minimum Gasteiger partial charge on any atom is -0.497 e. The molecule has 2 fully saturated rings. The van der Waals surface area contributed by atoms with Gasteiger partial charge in [-0.2, -0.15) is 0 Å². The predicted octanol–water partition coefficient (Wildman–Crippen LogP) is 1.95. The van der Waals surface area contributed by atoms with Gasteiger partial charge in [0.15, 0.2) is 18.2 Å². The molecule has 2 atom stereocenters. The van der Waals surface area contributed by atoms with Crippen molar-refractivity contribution in [3.63, 3.8) is 0 Å². The number of carbonyl (C=O) groups excluding carboxylic acids is 2. The van der Waals surface area contributed by atoms with Crippen molar-refractivity contribution >= 4 is 23.6 Å². The number of amides is 2. The summed E-state index contributed by atoms with van der Waals surface area (Å²) in [6.45, 7) is 2.43.